The van der Waals surface area contributed by atoms with Crippen LogP contribution < -0.4 is 5.32 Å². The number of hydrogen-bond donors (Lipinski definition) is 2. The topological polar surface area (TPSA) is 78.8 Å². The zero-order valence-corrected chi connectivity index (χ0v) is 16.1. The first kappa shape index (κ1) is 18.5. The fourth-order valence-corrected chi connectivity index (χ4v) is 3.61. The highest BCUT2D eigenvalue weighted by Gasteiger charge is 2.18. The highest BCUT2D eigenvalue weighted by molar-refractivity contribution is 5.73. The van der Waals surface area contributed by atoms with Gasteiger partial charge in [-0.1, -0.05) is 6.42 Å². The summed E-state index contributed by atoms with van der Waals surface area (Å²) in [5.74, 6) is 0. The Morgan fingerprint density at radius 2 is 2.12 bits per heavy atom. The molecule has 1 aliphatic rings. The molecule has 0 bridgehead atoms. The number of aryl methyl sites for hydroxylation is 4. The first-order valence-electron chi connectivity index (χ1n) is 9.59. The average Bonchev–Trinajstić information content (AvgIpc) is 3.03. The minimum Gasteiger partial charge on any atom is -0.338 e. The molecule has 2 amide bonds. The van der Waals surface area contributed by atoms with Gasteiger partial charge in [0.05, 0.1) is 17.9 Å². The maximum absolute atomic E-state index is 12.3. The van der Waals surface area contributed by atoms with Crippen LogP contribution in [0.5, 0.6) is 0 Å². The van der Waals surface area contributed by atoms with Crippen molar-refractivity contribution >= 4 is 6.03 Å². The van der Waals surface area contributed by atoms with Crippen LogP contribution >= 0.6 is 0 Å². The van der Waals surface area contributed by atoms with Gasteiger partial charge >= 0.3 is 6.03 Å². The summed E-state index contributed by atoms with van der Waals surface area (Å²) >= 11 is 0. The third-order valence-corrected chi connectivity index (χ3v) is 5.05. The lowest BCUT2D eigenvalue weighted by atomic mass is 10.1. The fraction of sp³-hybridized carbons (Fsp3) is 0.632. The van der Waals surface area contributed by atoms with Gasteiger partial charge in [0, 0.05) is 31.5 Å². The molecule has 7 heteroatoms. The number of carbonyl (C=O) groups is 1. The number of nitrogens with zero attached hydrogens (tertiary/aromatic N) is 4. The predicted octanol–water partition coefficient (Wildman–Crippen LogP) is 2.72. The molecule has 3 rings (SSSR count). The van der Waals surface area contributed by atoms with Crippen LogP contribution in [0.4, 0.5) is 4.79 Å². The van der Waals surface area contributed by atoms with Gasteiger partial charge in [-0.05, 0) is 57.6 Å². The summed E-state index contributed by atoms with van der Waals surface area (Å²) in [6.45, 7) is 6.06. The van der Waals surface area contributed by atoms with Gasteiger partial charge in [0.2, 0.25) is 0 Å². The molecule has 0 saturated carbocycles. The average molecular weight is 358 g/mol. The number of amides is 2. The van der Waals surface area contributed by atoms with Gasteiger partial charge in [-0.25, -0.2) is 4.79 Å². The molecule has 2 N–H and O–H groups in total. The van der Waals surface area contributed by atoms with Crippen molar-refractivity contribution in [1.82, 2.24) is 30.2 Å². The van der Waals surface area contributed by atoms with Crippen LogP contribution in [0.25, 0.3) is 0 Å². The van der Waals surface area contributed by atoms with Crippen LogP contribution in [0.2, 0.25) is 0 Å². The summed E-state index contributed by atoms with van der Waals surface area (Å²) in [6.07, 6.45) is 6.71. The van der Waals surface area contributed by atoms with Gasteiger partial charge in [-0.3, -0.25) is 9.78 Å². The lowest BCUT2D eigenvalue weighted by molar-refractivity contribution is 0.206. The Hall–Kier alpha value is -2.31. The van der Waals surface area contributed by atoms with Crippen molar-refractivity contribution in [2.45, 2.75) is 65.5 Å². The smallest absolute Gasteiger partial charge is 0.317 e. The van der Waals surface area contributed by atoms with E-state index in [-0.39, 0.29) is 6.03 Å². The maximum Gasteiger partial charge on any atom is 0.317 e. The minimum absolute atomic E-state index is 0.0521. The number of aromatic amines is 1. The summed E-state index contributed by atoms with van der Waals surface area (Å²) in [7, 11) is 1.83. The molecule has 0 saturated heterocycles. The standard InChI is InChI=1S/C19H30N6O/c1-14-12-15(2)25(23-14)11-7-10-20-19(26)24(3)13-18-16-8-5-4-6-9-17(16)21-22-18/h12H,4-11,13H2,1-3H3,(H,20,26)(H,21,22). The third kappa shape index (κ3) is 4.45. The van der Waals surface area contributed by atoms with Crippen molar-refractivity contribution in [3.8, 4) is 0 Å². The number of fused-ring (bicyclic) bond motifs is 1. The second-order valence-electron chi connectivity index (χ2n) is 7.28. The van der Waals surface area contributed by atoms with Crippen LogP contribution in [-0.2, 0) is 25.9 Å². The third-order valence-electron chi connectivity index (χ3n) is 5.05. The number of hydrogen-bond acceptors (Lipinski definition) is 3. The van der Waals surface area contributed by atoms with Gasteiger partial charge < -0.3 is 10.2 Å². The van der Waals surface area contributed by atoms with E-state index in [1.807, 2.05) is 18.7 Å². The quantitative estimate of drug-likeness (QED) is 0.615. The molecule has 0 aliphatic heterocycles. The van der Waals surface area contributed by atoms with Crippen molar-refractivity contribution < 1.29 is 4.79 Å². The maximum atomic E-state index is 12.3. The van der Waals surface area contributed by atoms with Crippen LogP contribution in [-0.4, -0.2) is 44.5 Å². The summed E-state index contributed by atoms with van der Waals surface area (Å²) in [6, 6.07) is 2.02. The van der Waals surface area contributed by atoms with Gasteiger partial charge in [0.25, 0.3) is 0 Å². The van der Waals surface area contributed by atoms with Crippen molar-refractivity contribution in [3.63, 3.8) is 0 Å². The zero-order valence-electron chi connectivity index (χ0n) is 16.1. The van der Waals surface area contributed by atoms with Crippen molar-refractivity contribution in [1.29, 1.82) is 0 Å². The summed E-state index contributed by atoms with van der Waals surface area (Å²) in [5, 5.41) is 15.1. The first-order valence-corrected chi connectivity index (χ1v) is 9.59. The molecular weight excluding hydrogens is 328 g/mol. The Balaban J connectivity index is 1.45. The van der Waals surface area contributed by atoms with Gasteiger partial charge in [0.1, 0.15) is 0 Å². The van der Waals surface area contributed by atoms with Crippen LogP contribution in [0, 0.1) is 13.8 Å². The zero-order chi connectivity index (χ0) is 18.5. The molecular formula is C19H30N6O. The summed E-state index contributed by atoms with van der Waals surface area (Å²) in [4.78, 5) is 14.1. The van der Waals surface area contributed by atoms with Crippen molar-refractivity contribution in [2.75, 3.05) is 13.6 Å². The predicted molar refractivity (Wildman–Crippen MR) is 101 cm³/mol. The van der Waals surface area contributed by atoms with E-state index in [9.17, 15) is 4.79 Å². The Bertz CT molecular complexity index is 747. The number of rotatable bonds is 6. The minimum atomic E-state index is -0.0521. The van der Waals surface area contributed by atoms with E-state index in [0.29, 0.717) is 13.1 Å². The monoisotopic (exact) mass is 358 g/mol. The number of H-pyrrole nitrogens is 1. The van der Waals surface area contributed by atoms with E-state index >= 15 is 0 Å². The van der Waals surface area contributed by atoms with Gasteiger partial charge in [0.15, 0.2) is 0 Å². The summed E-state index contributed by atoms with van der Waals surface area (Å²) in [5.41, 5.74) is 5.79. The second kappa shape index (κ2) is 8.38. The SMILES string of the molecule is Cc1cc(C)n(CCCNC(=O)N(C)Cc2n[nH]c3c2CCCCC3)n1. The lowest BCUT2D eigenvalue weighted by Gasteiger charge is -2.17. The van der Waals surface area contributed by atoms with Crippen molar-refractivity contribution in [2.24, 2.45) is 0 Å². The van der Waals surface area contributed by atoms with Crippen LogP contribution in [0.3, 0.4) is 0 Å². The molecule has 2 aromatic heterocycles. The molecule has 2 heterocycles. The molecule has 0 radical (unpaired) electrons. The number of urea groups is 1. The Kier molecular flexibility index (Phi) is 5.96. The van der Waals surface area contributed by atoms with E-state index in [0.717, 1.165) is 42.9 Å². The molecule has 2 aromatic rings. The molecule has 0 spiro atoms. The fourth-order valence-electron chi connectivity index (χ4n) is 3.61. The van der Waals surface area contributed by atoms with Crippen LogP contribution in [0.1, 0.15) is 54.0 Å². The number of aromatic nitrogens is 4. The Morgan fingerprint density at radius 1 is 1.31 bits per heavy atom. The van der Waals surface area contributed by atoms with E-state index in [4.69, 9.17) is 0 Å². The highest BCUT2D eigenvalue weighted by atomic mass is 16.2. The van der Waals surface area contributed by atoms with Crippen LogP contribution in [0.15, 0.2) is 6.07 Å². The summed E-state index contributed by atoms with van der Waals surface area (Å²) < 4.78 is 1.99. The molecule has 0 unspecified atom stereocenters. The van der Waals surface area contributed by atoms with Gasteiger partial charge in [-0.2, -0.15) is 10.2 Å². The molecule has 0 atom stereocenters. The largest absolute Gasteiger partial charge is 0.338 e. The highest BCUT2D eigenvalue weighted by Crippen LogP contribution is 2.22. The molecule has 0 fully saturated rings. The number of nitrogens with one attached hydrogen (secondary N) is 2. The lowest BCUT2D eigenvalue weighted by Crippen LogP contribution is -2.37. The molecule has 1 aliphatic carbocycles. The number of carbonyl (C=O) groups excluding carboxylic acids is 1. The molecule has 0 aromatic carbocycles. The normalized spacial score (nSPS) is 14.0. The molecule has 7 nitrogen and oxygen atoms in total. The second-order valence-corrected chi connectivity index (χ2v) is 7.28. The Labute approximate surface area is 155 Å². The van der Waals surface area contributed by atoms with E-state index in [2.05, 4.69) is 33.6 Å². The van der Waals surface area contributed by atoms with Gasteiger partial charge in [-0.15, -0.1) is 0 Å². The Morgan fingerprint density at radius 3 is 2.88 bits per heavy atom. The van der Waals surface area contributed by atoms with E-state index < -0.39 is 0 Å². The molecule has 142 valence electrons. The van der Waals surface area contributed by atoms with E-state index in [1.54, 1.807) is 4.90 Å². The first-order chi connectivity index (χ1) is 12.5. The van der Waals surface area contributed by atoms with E-state index in [1.165, 1.54) is 30.5 Å². The van der Waals surface area contributed by atoms with Crippen molar-refractivity contribution in [3.05, 3.63) is 34.4 Å². The molecule has 26 heavy (non-hydrogen) atoms.